The Morgan fingerprint density at radius 3 is 2.28 bits per heavy atom. The van der Waals surface area contributed by atoms with E-state index < -0.39 is 0 Å². The van der Waals surface area contributed by atoms with E-state index in [2.05, 4.69) is 17.5 Å². The van der Waals surface area contributed by atoms with E-state index in [1.54, 1.807) is 12.1 Å². The van der Waals surface area contributed by atoms with Gasteiger partial charge < -0.3 is 5.32 Å². The number of carbonyl (C=O) groups excluding carboxylic acids is 3. The Morgan fingerprint density at radius 2 is 1.68 bits per heavy atom. The van der Waals surface area contributed by atoms with Gasteiger partial charge in [0.05, 0.1) is 11.8 Å². The first-order chi connectivity index (χ1) is 12.0. The largest absolute Gasteiger partial charge is 0.352 e. The fourth-order valence-electron chi connectivity index (χ4n) is 4.29. The summed E-state index contributed by atoms with van der Waals surface area (Å²) >= 11 is 5.83. The highest BCUT2D eigenvalue weighted by atomic mass is 35.5. The second-order valence-corrected chi connectivity index (χ2v) is 7.42. The van der Waals surface area contributed by atoms with Crippen LogP contribution in [0.1, 0.15) is 18.4 Å². The van der Waals surface area contributed by atoms with Gasteiger partial charge >= 0.3 is 0 Å². The van der Waals surface area contributed by atoms with Gasteiger partial charge in [0.2, 0.25) is 17.7 Å². The molecule has 1 aliphatic heterocycles. The number of likely N-dealkylation sites (tertiary alicyclic amines) is 1. The number of nitrogens with one attached hydrogen (secondary N) is 1. The number of fused-ring (bicyclic) bond motifs is 5. The molecule has 0 radical (unpaired) electrons. The molecule has 4 atom stereocenters. The third-order valence-electron chi connectivity index (χ3n) is 5.53. The van der Waals surface area contributed by atoms with Gasteiger partial charge in [0.15, 0.2) is 0 Å². The van der Waals surface area contributed by atoms with Crippen molar-refractivity contribution in [2.24, 2.45) is 23.7 Å². The highest BCUT2D eigenvalue weighted by Crippen LogP contribution is 2.52. The van der Waals surface area contributed by atoms with Gasteiger partial charge in [-0.05, 0) is 36.0 Å². The minimum Gasteiger partial charge on any atom is -0.352 e. The predicted octanol–water partition coefficient (Wildman–Crippen LogP) is 2.15. The van der Waals surface area contributed by atoms with E-state index in [1.165, 1.54) is 4.90 Å². The zero-order chi connectivity index (χ0) is 17.6. The molecule has 1 N–H and O–H groups in total. The van der Waals surface area contributed by atoms with Crippen molar-refractivity contribution in [3.63, 3.8) is 0 Å². The minimum atomic E-state index is -0.195. The van der Waals surface area contributed by atoms with Crippen LogP contribution in [0, 0.1) is 23.7 Å². The molecule has 3 aliphatic rings. The number of carbonyl (C=O) groups is 3. The SMILES string of the molecule is O=C(CCN1C(=O)C2C3C=CC(C3)C2C1=O)NCc1ccc(Cl)cc1. The van der Waals surface area contributed by atoms with Crippen LogP contribution in [0.2, 0.25) is 5.02 Å². The van der Waals surface area contributed by atoms with Crippen LogP contribution in [0.3, 0.4) is 0 Å². The van der Waals surface area contributed by atoms with Crippen LogP contribution in [-0.2, 0) is 20.9 Å². The number of hydrogen-bond donors (Lipinski definition) is 1. The van der Waals surface area contributed by atoms with E-state index in [-0.39, 0.29) is 54.4 Å². The summed E-state index contributed by atoms with van der Waals surface area (Å²) in [5.41, 5.74) is 0.947. The van der Waals surface area contributed by atoms with E-state index in [0.29, 0.717) is 11.6 Å². The maximum Gasteiger partial charge on any atom is 0.233 e. The second-order valence-electron chi connectivity index (χ2n) is 6.98. The Labute approximate surface area is 151 Å². The molecule has 5 nitrogen and oxygen atoms in total. The molecular weight excluding hydrogens is 340 g/mol. The molecule has 0 spiro atoms. The fraction of sp³-hybridized carbons (Fsp3) is 0.421. The number of amides is 3. The van der Waals surface area contributed by atoms with Crippen LogP contribution in [0.5, 0.6) is 0 Å². The van der Waals surface area contributed by atoms with Gasteiger partial charge in [-0.2, -0.15) is 0 Å². The van der Waals surface area contributed by atoms with Crippen LogP contribution in [0.25, 0.3) is 0 Å². The highest BCUT2D eigenvalue weighted by molar-refractivity contribution is 6.30. The fourth-order valence-corrected chi connectivity index (χ4v) is 4.42. The maximum atomic E-state index is 12.5. The molecule has 4 unspecified atom stereocenters. The molecule has 2 bridgehead atoms. The summed E-state index contributed by atoms with van der Waals surface area (Å²) in [6.45, 7) is 0.563. The first kappa shape index (κ1) is 16.3. The van der Waals surface area contributed by atoms with Crippen LogP contribution in [-0.4, -0.2) is 29.2 Å². The zero-order valence-corrected chi connectivity index (χ0v) is 14.4. The molecular formula is C19H19ClN2O3. The molecule has 4 rings (SSSR count). The molecule has 1 heterocycles. The van der Waals surface area contributed by atoms with Gasteiger partial charge in [0.1, 0.15) is 0 Å². The molecule has 130 valence electrons. The van der Waals surface area contributed by atoms with Crippen LogP contribution >= 0.6 is 11.6 Å². The molecule has 1 saturated carbocycles. The number of hydrogen-bond acceptors (Lipinski definition) is 3. The zero-order valence-electron chi connectivity index (χ0n) is 13.7. The van der Waals surface area contributed by atoms with Crippen molar-refractivity contribution in [1.82, 2.24) is 10.2 Å². The number of rotatable bonds is 5. The van der Waals surface area contributed by atoms with E-state index in [4.69, 9.17) is 11.6 Å². The molecule has 2 aliphatic carbocycles. The number of allylic oxidation sites excluding steroid dienone is 2. The molecule has 25 heavy (non-hydrogen) atoms. The lowest BCUT2D eigenvalue weighted by Gasteiger charge is -2.16. The predicted molar refractivity (Wildman–Crippen MR) is 92.4 cm³/mol. The number of halogens is 1. The summed E-state index contributed by atoms with van der Waals surface area (Å²) in [7, 11) is 0. The van der Waals surface area contributed by atoms with Gasteiger partial charge in [-0.15, -0.1) is 0 Å². The van der Waals surface area contributed by atoms with E-state index >= 15 is 0 Å². The molecule has 2 fully saturated rings. The van der Waals surface area contributed by atoms with Crippen LogP contribution < -0.4 is 5.32 Å². The molecule has 0 aromatic heterocycles. The third-order valence-corrected chi connectivity index (χ3v) is 5.78. The van der Waals surface area contributed by atoms with E-state index in [1.807, 2.05) is 12.1 Å². The van der Waals surface area contributed by atoms with Gasteiger partial charge in [-0.1, -0.05) is 35.9 Å². The van der Waals surface area contributed by atoms with Crippen molar-refractivity contribution in [3.05, 3.63) is 47.0 Å². The lowest BCUT2D eigenvalue weighted by molar-refractivity contribution is -0.141. The lowest BCUT2D eigenvalue weighted by atomic mass is 9.85. The van der Waals surface area contributed by atoms with E-state index in [9.17, 15) is 14.4 Å². The molecule has 1 aromatic rings. The Bertz CT molecular complexity index is 728. The highest BCUT2D eigenvalue weighted by Gasteiger charge is 2.58. The average Bonchev–Trinajstić information content (AvgIpc) is 3.27. The van der Waals surface area contributed by atoms with E-state index in [0.717, 1.165) is 12.0 Å². The lowest BCUT2D eigenvalue weighted by Crippen LogP contribution is -2.36. The van der Waals surface area contributed by atoms with Crippen molar-refractivity contribution >= 4 is 29.3 Å². The van der Waals surface area contributed by atoms with Crippen molar-refractivity contribution in [3.8, 4) is 0 Å². The number of benzene rings is 1. The van der Waals surface area contributed by atoms with Crippen molar-refractivity contribution in [1.29, 1.82) is 0 Å². The third kappa shape index (κ3) is 2.86. The van der Waals surface area contributed by atoms with Crippen molar-refractivity contribution in [2.75, 3.05) is 6.54 Å². The summed E-state index contributed by atoms with van der Waals surface area (Å²) < 4.78 is 0. The Balaban J connectivity index is 1.30. The normalized spacial score (nSPS) is 29.4. The van der Waals surface area contributed by atoms with Gasteiger partial charge in [-0.25, -0.2) is 0 Å². The molecule has 1 saturated heterocycles. The van der Waals surface area contributed by atoms with Crippen LogP contribution in [0.4, 0.5) is 0 Å². The second kappa shape index (κ2) is 6.30. The Morgan fingerprint density at radius 1 is 1.08 bits per heavy atom. The molecule has 1 aromatic carbocycles. The minimum absolute atomic E-state index is 0.0997. The summed E-state index contributed by atoms with van der Waals surface area (Å²) in [6, 6.07) is 7.23. The van der Waals surface area contributed by atoms with Crippen molar-refractivity contribution in [2.45, 2.75) is 19.4 Å². The average molecular weight is 359 g/mol. The summed E-state index contributed by atoms with van der Waals surface area (Å²) in [5, 5.41) is 3.46. The van der Waals surface area contributed by atoms with Gasteiger partial charge in [-0.3, -0.25) is 19.3 Å². The van der Waals surface area contributed by atoms with Crippen LogP contribution in [0.15, 0.2) is 36.4 Å². The summed E-state index contributed by atoms with van der Waals surface area (Å²) in [6.07, 6.45) is 5.19. The summed E-state index contributed by atoms with van der Waals surface area (Å²) in [4.78, 5) is 38.4. The topological polar surface area (TPSA) is 66.5 Å². The molecule has 6 heteroatoms. The first-order valence-corrected chi connectivity index (χ1v) is 8.97. The quantitative estimate of drug-likeness (QED) is 0.648. The number of imide groups is 1. The smallest absolute Gasteiger partial charge is 0.233 e. The molecule has 3 amide bonds. The standard InChI is InChI=1S/C19H19ClN2O3/c20-14-5-1-11(2-6-14)10-21-15(23)7-8-22-18(24)16-12-3-4-13(9-12)17(16)19(22)25/h1-6,12-13,16-17H,7-10H2,(H,21,23). The van der Waals surface area contributed by atoms with Gasteiger partial charge in [0.25, 0.3) is 0 Å². The summed E-state index contributed by atoms with van der Waals surface area (Å²) in [5.74, 6) is -0.354. The number of nitrogens with zero attached hydrogens (tertiary/aromatic N) is 1. The maximum absolute atomic E-state index is 12.5. The van der Waals surface area contributed by atoms with Crippen molar-refractivity contribution < 1.29 is 14.4 Å². The van der Waals surface area contributed by atoms with Gasteiger partial charge in [0, 0.05) is 24.5 Å². The first-order valence-electron chi connectivity index (χ1n) is 8.59. The monoisotopic (exact) mass is 358 g/mol. The Hall–Kier alpha value is -2.14. The Kier molecular flexibility index (Phi) is 4.12.